The van der Waals surface area contributed by atoms with Crippen LogP contribution in [0.5, 0.6) is 0 Å². The molecular weight excluding hydrogens is 376 g/mol. The van der Waals surface area contributed by atoms with Crippen LogP contribution < -0.4 is 0 Å². The number of ether oxygens (including phenoxy) is 1. The van der Waals surface area contributed by atoms with Crippen molar-refractivity contribution in [2.75, 3.05) is 6.61 Å². The number of hydrogen-bond acceptors (Lipinski definition) is 4. The van der Waals surface area contributed by atoms with Gasteiger partial charge in [0.25, 0.3) is 0 Å². The summed E-state index contributed by atoms with van der Waals surface area (Å²) in [6, 6.07) is 22.3. The lowest BCUT2D eigenvalue weighted by molar-refractivity contribution is 0.0529. The standard InChI is InChI=1S/C25H18N2O3/c1-2-30-25(29)19-15-21(24(28)18-7-4-3-5-8-18)27-20(19)13-12-17-11-10-16-9-6-14-26-22(16)23(17)27/h3-15H,2H2,1H3. The predicted molar refractivity (Wildman–Crippen MR) is 116 cm³/mol. The minimum absolute atomic E-state index is 0.165. The Bertz CT molecular complexity index is 1440. The van der Waals surface area contributed by atoms with Crippen molar-refractivity contribution in [3.8, 4) is 0 Å². The zero-order valence-electron chi connectivity index (χ0n) is 16.3. The quantitative estimate of drug-likeness (QED) is 0.243. The molecule has 0 aliphatic rings. The van der Waals surface area contributed by atoms with Gasteiger partial charge in [-0.25, -0.2) is 4.79 Å². The maximum Gasteiger partial charge on any atom is 0.340 e. The van der Waals surface area contributed by atoms with E-state index in [0.29, 0.717) is 22.3 Å². The summed E-state index contributed by atoms with van der Waals surface area (Å²) in [5, 5.41) is 1.89. The van der Waals surface area contributed by atoms with Crippen LogP contribution >= 0.6 is 0 Å². The van der Waals surface area contributed by atoms with Crippen molar-refractivity contribution >= 4 is 39.1 Å². The SMILES string of the molecule is CCOC(=O)c1cc(C(=O)c2ccccc2)n2c1ccc1ccc3cccnc3c12. The molecule has 2 aromatic carbocycles. The molecule has 0 N–H and O–H groups in total. The van der Waals surface area contributed by atoms with Crippen LogP contribution in [0.2, 0.25) is 0 Å². The van der Waals surface area contributed by atoms with Gasteiger partial charge in [-0.15, -0.1) is 0 Å². The largest absolute Gasteiger partial charge is 0.462 e. The van der Waals surface area contributed by atoms with E-state index in [4.69, 9.17) is 4.74 Å². The number of aromatic nitrogens is 2. The zero-order chi connectivity index (χ0) is 20.7. The lowest BCUT2D eigenvalue weighted by Gasteiger charge is -2.10. The van der Waals surface area contributed by atoms with Crippen LogP contribution in [0.4, 0.5) is 0 Å². The summed E-state index contributed by atoms with van der Waals surface area (Å²) in [4.78, 5) is 30.7. The Morgan fingerprint density at radius 2 is 1.70 bits per heavy atom. The molecule has 0 saturated carbocycles. The Hall–Kier alpha value is -3.99. The Balaban J connectivity index is 1.92. The second kappa shape index (κ2) is 7.12. The van der Waals surface area contributed by atoms with E-state index in [9.17, 15) is 9.59 Å². The summed E-state index contributed by atoms with van der Waals surface area (Å²) in [6.07, 6.45) is 1.73. The third kappa shape index (κ3) is 2.75. The minimum atomic E-state index is -0.449. The van der Waals surface area contributed by atoms with E-state index in [1.165, 1.54) is 0 Å². The number of pyridine rings is 2. The number of esters is 1. The maximum absolute atomic E-state index is 13.4. The molecule has 0 spiro atoms. The molecular formula is C25H18N2O3. The number of benzene rings is 2. The molecule has 30 heavy (non-hydrogen) atoms. The first-order chi connectivity index (χ1) is 14.7. The highest BCUT2D eigenvalue weighted by Crippen LogP contribution is 2.30. The Morgan fingerprint density at radius 3 is 2.50 bits per heavy atom. The summed E-state index contributed by atoms with van der Waals surface area (Å²) in [5.41, 5.74) is 3.51. The van der Waals surface area contributed by atoms with E-state index in [2.05, 4.69) is 4.98 Å². The first-order valence-electron chi connectivity index (χ1n) is 9.78. The molecule has 0 bridgehead atoms. The maximum atomic E-state index is 13.4. The third-order valence-electron chi connectivity index (χ3n) is 5.23. The molecule has 0 radical (unpaired) electrons. The van der Waals surface area contributed by atoms with Crippen molar-refractivity contribution < 1.29 is 14.3 Å². The van der Waals surface area contributed by atoms with Gasteiger partial charge < -0.3 is 9.14 Å². The van der Waals surface area contributed by atoms with Gasteiger partial charge in [0.15, 0.2) is 0 Å². The summed E-state index contributed by atoms with van der Waals surface area (Å²) < 4.78 is 7.09. The van der Waals surface area contributed by atoms with Crippen LogP contribution in [-0.2, 0) is 4.74 Å². The Kier molecular flexibility index (Phi) is 4.29. The van der Waals surface area contributed by atoms with Crippen molar-refractivity contribution in [2.45, 2.75) is 6.92 Å². The molecule has 5 heteroatoms. The molecule has 5 nitrogen and oxygen atoms in total. The molecule has 146 valence electrons. The van der Waals surface area contributed by atoms with Crippen LogP contribution in [0.3, 0.4) is 0 Å². The fourth-order valence-corrected chi connectivity index (χ4v) is 3.89. The molecule has 5 aromatic rings. The van der Waals surface area contributed by atoms with E-state index in [-0.39, 0.29) is 12.4 Å². The van der Waals surface area contributed by atoms with E-state index >= 15 is 0 Å². The lowest BCUT2D eigenvalue weighted by Crippen LogP contribution is -2.06. The smallest absolute Gasteiger partial charge is 0.340 e. The lowest BCUT2D eigenvalue weighted by atomic mass is 10.1. The number of carbonyl (C=O) groups excluding carboxylic acids is 2. The van der Waals surface area contributed by atoms with Crippen LogP contribution in [0, 0.1) is 0 Å². The molecule has 0 aliphatic heterocycles. The molecule has 0 fully saturated rings. The molecule has 5 rings (SSSR count). The van der Waals surface area contributed by atoms with Crippen molar-refractivity contribution in [2.24, 2.45) is 0 Å². The van der Waals surface area contributed by atoms with Crippen LogP contribution in [0.25, 0.3) is 27.3 Å². The summed E-state index contributed by atoms with van der Waals surface area (Å²) in [5.74, 6) is -0.615. The van der Waals surface area contributed by atoms with E-state index < -0.39 is 5.97 Å². The van der Waals surface area contributed by atoms with Crippen LogP contribution in [0.15, 0.2) is 79.0 Å². The highest BCUT2D eigenvalue weighted by Gasteiger charge is 2.23. The van der Waals surface area contributed by atoms with Gasteiger partial charge in [-0.1, -0.05) is 54.6 Å². The summed E-state index contributed by atoms with van der Waals surface area (Å²) in [7, 11) is 0. The Labute approximate surface area is 172 Å². The van der Waals surface area contributed by atoms with Gasteiger partial charge >= 0.3 is 5.97 Å². The average Bonchev–Trinajstić information content (AvgIpc) is 3.19. The van der Waals surface area contributed by atoms with Crippen molar-refractivity contribution in [3.05, 3.63) is 95.8 Å². The second-order valence-electron chi connectivity index (χ2n) is 6.99. The van der Waals surface area contributed by atoms with E-state index in [1.807, 2.05) is 59.0 Å². The first kappa shape index (κ1) is 18.1. The molecule has 0 atom stereocenters. The fraction of sp³-hybridized carbons (Fsp3) is 0.0800. The molecule has 3 heterocycles. The van der Waals surface area contributed by atoms with Crippen molar-refractivity contribution in [1.82, 2.24) is 9.38 Å². The molecule has 0 saturated heterocycles. The van der Waals surface area contributed by atoms with E-state index in [1.54, 1.807) is 31.3 Å². The van der Waals surface area contributed by atoms with Crippen molar-refractivity contribution in [3.63, 3.8) is 0 Å². The highest BCUT2D eigenvalue weighted by atomic mass is 16.5. The normalized spacial score (nSPS) is 11.2. The Morgan fingerprint density at radius 1 is 0.933 bits per heavy atom. The number of carbonyl (C=O) groups is 2. The minimum Gasteiger partial charge on any atom is -0.462 e. The predicted octanol–water partition coefficient (Wildman–Crippen LogP) is 5.05. The van der Waals surface area contributed by atoms with Gasteiger partial charge in [0, 0.05) is 22.5 Å². The topological polar surface area (TPSA) is 60.7 Å². The third-order valence-corrected chi connectivity index (χ3v) is 5.23. The van der Waals surface area contributed by atoms with Gasteiger partial charge in [0.2, 0.25) is 5.78 Å². The number of rotatable bonds is 4. The summed E-state index contributed by atoms with van der Waals surface area (Å²) in [6.45, 7) is 2.02. The number of hydrogen-bond donors (Lipinski definition) is 0. The van der Waals surface area contributed by atoms with Crippen LogP contribution in [-0.4, -0.2) is 27.7 Å². The molecule has 3 aromatic heterocycles. The monoisotopic (exact) mass is 394 g/mol. The first-order valence-corrected chi connectivity index (χ1v) is 9.78. The number of fused-ring (bicyclic) bond motifs is 5. The van der Waals surface area contributed by atoms with Gasteiger partial charge in [-0.3, -0.25) is 9.78 Å². The number of ketones is 1. The van der Waals surface area contributed by atoms with Gasteiger partial charge in [0.1, 0.15) is 0 Å². The molecule has 0 aliphatic carbocycles. The highest BCUT2D eigenvalue weighted by molar-refractivity contribution is 6.14. The average molecular weight is 394 g/mol. The molecule has 0 unspecified atom stereocenters. The van der Waals surface area contributed by atoms with Gasteiger partial charge in [-0.05, 0) is 25.1 Å². The fourth-order valence-electron chi connectivity index (χ4n) is 3.89. The van der Waals surface area contributed by atoms with E-state index in [0.717, 1.165) is 21.8 Å². The van der Waals surface area contributed by atoms with Gasteiger partial charge in [-0.2, -0.15) is 0 Å². The zero-order valence-corrected chi connectivity index (χ0v) is 16.3. The van der Waals surface area contributed by atoms with Gasteiger partial charge in [0.05, 0.1) is 34.4 Å². The summed E-state index contributed by atoms with van der Waals surface area (Å²) >= 11 is 0. The number of nitrogens with zero attached hydrogens (tertiary/aromatic N) is 2. The van der Waals surface area contributed by atoms with Crippen molar-refractivity contribution in [1.29, 1.82) is 0 Å². The second-order valence-corrected chi connectivity index (χ2v) is 6.99. The van der Waals surface area contributed by atoms with Crippen LogP contribution in [0.1, 0.15) is 33.3 Å². The molecule has 0 amide bonds.